The van der Waals surface area contributed by atoms with Gasteiger partial charge in [-0.1, -0.05) is 32.4 Å². The third-order valence-corrected chi connectivity index (χ3v) is 3.51. The Labute approximate surface area is 105 Å². The SMILES string of the molecule is CCC(C)C(C)NCCc1cccc(OC)c1. The third kappa shape index (κ3) is 4.78. The van der Waals surface area contributed by atoms with Crippen LogP contribution in [0.15, 0.2) is 24.3 Å². The van der Waals surface area contributed by atoms with Crippen LogP contribution in [0.5, 0.6) is 5.75 Å². The summed E-state index contributed by atoms with van der Waals surface area (Å²) >= 11 is 0. The molecule has 2 atom stereocenters. The number of methoxy groups -OCH3 is 1. The Morgan fingerprint density at radius 2 is 2.06 bits per heavy atom. The number of hydrogen-bond acceptors (Lipinski definition) is 2. The molecule has 1 aromatic rings. The number of ether oxygens (including phenoxy) is 1. The molecule has 1 rings (SSSR count). The zero-order valence-electron chi connectivity index (χ0n) is 11.5. The molecule has 0 aliphatic heterocycles. The summed E-state index contributed by atoms with van der Waals surface area (Å²) in [4.78, 5) is 0. The van der Waals surface area contributed by atoms with Crippen LogP contribution in [0, 0.1) is 5.92 Å². The number of rotatable bonds is 7. The fraction of sp³-hybridized carbons (Fsp3) is 0.600. The van der Waals surface area contributed by atoms with Crippen molar-refractivity contribution < 1.29 is 4.74 Å². The first kappa shape index (κ1) is 14.0. The average molecular weight is 235 g/mol. The minimum absolute atomic E-state index is 0.589. The molecule has 2 unspecified atom stereocenters. The molecule has 2 heteroatoms. The Kier molecular flexibility index (Phi) is 6.06. The maximum absolute atomic E-state index is 5.22. The summed E-state index contributed by atoms with van der Waals surface area (Å²) in [7, 11) is 1.71. The molecule has 0 saturated carbocycles. The van der Waals surface area contributed by atoms with Gasteiger partial charge in [-0.25, -0.2) is 0 Å². The Hall–Kier alpha value is -1.02. The van der Waals surface area contributed by atoms with E-state index in [1.807, 2.05) is 12.1 Å². The molecule has 0 aliphatic carbocycles. The highest BCUT2D eigenvalue weighted by Gasteiger charge is 2.08. The molecule has 0 aliphatic rings. The smallest absolute Gasteiger partial charge is 0.119 e. The monoisotopic (exact) mass is 235 g/mol. The van der Waals surface area contributed by atoms with Gasteiger partial charge in [0.25, 0.3) is 0 Å². The molecule has 0 saturated heterocycles. The van der Waals surface area contributed by atoms with Crippen LogP contribution in [0.4, 0.5) is 0 Å². The lowest BCUT2D eigenvalue weighted by atomic mass is 10.0. The quantitative estimate of drug-likeness (QED) is 0.783. The second-order valence-electron chi connectivity index (χ2n) is 4.73. The second-order valence-corrected chi connectivity index (χ2v) is 4.73. The highest BCUT2D eigenvalue weighted by molar-refractivity contribution is 5.28. The highest BCUT2D eigenvalue weighted by atomic mass is 16.5. The summed E-state index contributed by atoms with van der Waals surface area (Å²) in [6.45, 7) is 7.83. The zero-order chi connectivity index (χ0) is 12.7. The number of nitrogens with one attached hydrogen (secondary N) is 1. The molecule has 1 aromatic carbocycles. The molecule has 2 nitrogen and oxygen atoms in total. The fourth-order valence-electron chi connectivity index (χ4n) is 1.83. The largest absolute Gasteiger partial charge is 0.497 e. The van der Waals surface area contributed by atoms with Crippen LogP contribution < -0.4 is 10.1 Å². The standard InChI is InChI=1S/C15H25NO/c1-5-12(2)13(3)16-10-9-14-7-6-8-15(11-14)17-4/h6-8,11-13,16H,5,9-10H2,1-4H3. The lowest BCUT2D eigenvalue weighted by Gasteiger charge is -2.19. The molecule has 0 heterocycles. The van der Waals surface area contributed by atoms with Crippen molar-refractivity contribution in [2.45, 2.75) is 39.7 Å². The minimum atomic E-state index is 0.589. The van der Waals surface area contributed by atoms with Gasteiger partial charge in [0.1, 0.15) is 5.75 Å². The van der Waals surface area contributed by atoms with Crippen LogP contribution in [0.25, 0.3) is 0 Å². The predicted molar refractivity (Wildman–Crippen MR) is 73.6 cm³/mol. The molecular weight excluding hydrogens is 210 g/mol. The molecule has 0 bridgehead atoms. The van der Waals surface area contributed by atoms with Gasteiger partial charge in [-0.05, 0) is 43.5 Å². The Bertz CT molecular complexity index is 324. The van der Waals surface area contributed by atoms with E-state index >= 15 is 0 Å². The van der Waals surface area contributed by atoms with E-state index in [4.69, 9.17) is 4.74 Å². The number of hydrogen-bond donors (Lipinski definition) is 1. The topological polar surface area (TPSA) is 21.3 Å². The Morgan fingerprint density at radius 3 is 2.71 bits per heavy atom. The molecular formula is C15H25NO. The van der Waals surface area contributed by atoms with Crippen molar-refractivity contribution in [1.29, 1.82) is 0 Å². The van der Waals surface area contributed by atoms with Crippen molar-refractivity contribution in [1.82, 2.24) is 5.32 Å². The van der Waals surface area contributed by atoms with Crippen molar-refractivity contribution in [2.24, 2.45) is 5.92 Å². The van der Waals surface area contributed by atoms with Crippen LogP contribution in [-0.2, 0) is 6.42 Å². The van der Waals surface area contributed by atoms with Gasteiger partial charge < -0.3 is 10.1 Å². The molecule has 0 spiro atoms. The Morgan fingerprint density at radius 1 is 1.29 bits per heavy atom. The summed E-state index contributed by atoms with van der Waals surface area (Å²) in [5.74, 6) is 1.68. The molecule has 1 N–H and O–H groups in total. The van der Waals surface area contributed by atoms with E-state index < -0.39 is 0 Å². The second kappa shape index (κ2) is 7.33. The van der Waals surface area contributed by atoms with Gasteiger partial charge in [0.05, 0.1) is 7.11 Å². The van der Waals surface area contributed by atoms with Crippen LogP contribution in [0.2, 0.25) is 0 Å². The van der Waals surface area contributed by atoms with Crippen molar-refractivity contribution in [2.75, 3.05) is 13.7 Å². The van der Waals surface area contributed by atoms with Crippen molar-refractivity contribution in [3.8, 4) is 5.75 Å². The van der Waals surface area contributed by atoms with Gasteiger partial charge in [0.15, 0.2) is 0 Å². The van der Waals surface area contributed by atoms with Crippen LogP contribution >= 0.6 is 0 Å². The first-order valence-corrected chi connectivity index (χ1v) is 6.53. The fourth-order valence-corrected chi connectivity index (χ4v) is 1.83. The Balaban J connectivity index is 2.35. The lowest BCUT2D eigenvalue weighted by Crippen LogP contribution is -2.33. The molecule has 0 fully saturated rings. The van der Waals surface area contributed by atoms with E-state index in [2.05, 4.69) is 38.2 Å². The first-order valence-electron chi connectivity index (χ1n) is 6.53. The lowest BCUT2D eigenvalue weighted by molar-refractivity contribution is 0.392. The summed E-state index contributed by atoms with van der Waals surface area (Å²) in [6.07, 6.45) is 2.28. The van der Waals surface area contributed by atoms with E-state index in [0.29, 0.717) is 6.04 Å². The molecule has 17 heavy (non-hydrogen) atoms. The van der Waals surface area contributed by atoms with Crippen LogP contribution in [0.1, 0.15) is 32.8 Å². The molecule has 0 aromatic heterocycles. The zero-order valence-corrected chi connectivity index (χ0v) is 11.5. The first-order chi connectivity index (χ1) is 8.17. The molecule has 96 valence electrons. The van der Waals surface area contributed by atoms with Crippen LogP contribution in [-0.4, -0.2) is 19.7 Å². The van der Waals surface area contributed by atoms with Crippen LogP contribution in [0.3, 0.4) is 0 Å². The van der Waals surface area contributed by atoms with Gasteiger partial charge in [0, 0.05) is 6.04 Å². The van der Waals surface area contributed by atoms with Gasteiger partial charge in [0.2, 0.25) is 0 Å². The maximum atomic E-state index is 5.22. The summed E-state index contributed by atoms with van der Waals surface area (Å²) in [5, 5.41) is 3.58. The highest BCUT2D eigenvalue weighted by Crippen LogP contribution is 2.13. The average Bonchev–Trinajstić information content (AvgIpc) is 2.37. The molecule has 0 amide bonds. The van der Waals surface area contributed by atoms with Gasteiger partial charge >= 0.3 is 0 Å². The predicted octanol–water partition coefficient (Wildman–Crippen LogP) is 3.26. The van der Waals surface area contributed by atoms with E-state index in [-0.39, 0.29) is 0 Å². The summed E-state index contributed by atoms with van der Waals surface area (Å²) < 4.78 is 5.22. The van der Waals surface area contributed by atoms with Crippen molar-refractivity contribution in [3.05, 3.63) is 29.8 Å². The normalized spacial score (nSPS) is 14.4. The van der Waals surface area contributed by atoms with E-state index in [9.17, 15) is 0 Å². The van der Waals surface area contributed by atoms with E-state index in [0.717, 1.165) is 24.6 Å². The molecule has 0 radical (unpaired) electrons. The van der Waals surface area contributed by atoms with Gasteiger partial charge in [-0.2, -0.15) is 0 Å². The van der Waals surface area contributed by atoms with Gasteiger partial charge in [-0.15, -0.1) is 0 Å². The third-order valence-electron chi connectivity index (χ3n) is 3.51. The minimum Gasteiger partial charge on any atom is -0.497 e. The summed E-state index contributed by atoms with van der Waals surface area (Å²) in [6, 6.07) is 8.88. The maximum Gasteiger partial charge on any atom is 0.119 e. The van der Waals surface area contributed by atoms with E-state index in [1.165, 1.54) is 12.0 Å². The number of benzene rings is 1. The van der Waals surface area contributed by atoms with E-state index in [1.54, 1.807) is 7.11 Å². The summed E-state index contributed by atoms with van der Waals surface area (Å²) in [5.41, 5.74) is 1.33. The van der Waals surface area contributed by atoms with Crippen molar-refractivity contribution >= 4 is 0 Å². The van der Waals surface area contributed by atoms with Crippen molar-refractivity contribution in [3.63, 3.8) is 0 Å². The van der Waals surface area contributed by atoms with Gasteiger partial charge in [-0.3, -0.25) is 0 Å².